The molecule has 0 aromatic heterocycles. The molecule has 0 unspecified atom stereocenters. The van der Waals surface area contributed by atoms with Crippen molar-refractivity contribution in [1.82, 2.24) is 0 Å². The molecule has 25 heavy (non-hydrogen) atoms. The molecule has 0 aliphatic heterocycles. The van der Waals surface area contributed by atoms with Gasteiger partial charge in [0.15, 0.2) is 0 Å². The Hall–Kier alpha value is -2.20. The van der Waals surface area contributed by atoms with Gasteiger partial charge in [0.25, 0.3) is 0 Å². The minimum atomic E-state index is 0.309. The van der Waals surface area contributed by atoms with E-state index in [9.17, 15) is 0 Å². The molecule has 134 valence electrons. The SMILES string of the molecule is Cc1cc(OCCCCCCCCO)ccc1N=Nc1ccccc1. The third-order valence-corrected chi connectivity index (χ3v) is 4.02. The second-order valence-electron chi connectivity index (χ2n) is 6.18. The van der Waals surface area contributed by atoms with Gasteiger partial charge >= 0.3 is 0 Å². The van der Waals surface area contributed by atoms with Crippen LogP contribution in [0.15, 0.2) is 58.8 Å². The Labute approximate surface area is 150 Å². The smallest absolute Gasteiger partial charge is 0.119 e. The minimum absolute atomic E-state index is 0.309. The lowest BCUT2D eigenvalue weighted by Crippen LogP contribution is -1.97. The summed E-state index contributed by atoms with van der Waals surface area (Å²) in [4.78, 5) is 0. The molecule has 0 radical (unpaired) electrons. The molecular weight excluding hydrogens is 312 g/mol. The van der Waals surface area contributed by atoms with E-state index in [1.54, 1.807) is 0 Å². The standard InChI is InChI=1S/C21H28N2O2/c1-18-17-20(25-16-10-5-3-2-4-9-15-24)13-14-21(18)23-22-19-11-7-6-8-12-19/h6-8,11-14,17,24H,2-5,9-10,15-16H2,1H3. The summed E-state index contributed by atoms with van der Waals surface area (Å²) in [6.07, 6.45) is 6.68. The van der Waals surface area contributed by atoms with Crippen molar-refractivity contribution in [1.29, 1.82) is 0 Å². The highest BCUT2D eigenvalue weighted by molar-refractivity contribution is 5.49. The monoisotopic (exact) mass is 340 g/mol. The summed E-state index contributed by atoms with van der Waals surface area (Å²) < 4.78 is 5.82. The summed E-state index contributed by atoms with van der Waals surface area (Å²) in [6, 6.07) is 15.6. The molecule has 2 aromatic rings. The van der Waals surface area contributed by atoms with Gasteiger partial charge in [0.1, 0.15) is 5.75 Å². The van der Waals surface area contributed by atoms with Crippen molar-refractivity contribution in [2.24, 2.45) is 10.2 Å². The molecule has 0 heterocycles. The predicted octanol–water partition coefficient (Wildman–Crippen LogP) is 6.12. The molecule has 0 fully saturated rings. The maximum atomic E-state index is 8.73. The molecular formula is C21H28N2O2. The predicted molar refractivity (Wildman–Crippen MR) is 102 cm³/mol. The second-order valence-corrected chi connectivity index (χ2v) is 6.18. The summed E-state index contributed by atoms with van der Waals surface area (Å²) in [5.41, 5.74) is 2.77. The molecule has 0 saturated heterocycles. The Morgan fingerprint density at radius 3 is 2.28 bits per heavy atom. The van der Waals surface area contributed by atoms with Crippen LogP contribution in [0.25, 0.3) is 0 Å². The van der Waals surface area contributed by atoms with E-state index >= 15 is 0 Å². The molecule has 0 amide bonds. The first-order chi connectivity index (χ1) is 12.3. The zero-order chi connectivity index (χ0) is 17.7. The van der Waals surface area contributed by atoms with Crippen molar-refractivity contribution >= 4 is 11.4 Å². The third kappa shape index (κ3) is 7.48. The van der Waals surface area contributed by atoms with Gasteiger partial charge < -0.3 is 9.84 Å². The van der Waals surface area contributed by atoms with E-state index in [4.69, 9.17) is 9.84 Å². The Bertz CT molecular complexity index is 642. The first-order valence-corrected chi connectivity index (χ1v) is 9.10. The largest absolute Gasteiger partial charge is 0.494 e. The Morgan fingerprint density at radius 1 is 0.840 bits per heavy atom. The number of benzene rings is 2. The van der Waals surface area contributed by atoms with Gasteiger partial charge in [-0.3, -0.25) is 0 Å². The van der Waals surface area contributed by atoms with E-state index in [0.717, 1.165) is 48.6 Å². The van der Waals surface area contributed by atoms with Crippen molar-refractivity contribution in [3.8, 4) is 5.75 Å². The molecule has 0 bridgehead atoms. The van der Waals surface area contributed by atoms with Crippen LogP contribution < -0.4 is 4.74 Å². The van der Waals surface area contributed by atoms with Gasteiger partial charge in [-0.2, -0.15) is 10.2 Å². The van der Waals surface area contributed by atoms with Crippen molar-refractivity contribution in [3.63, 3.8) is 0 Å². The van der Waals surface area contributed by atoms with Crippen LogP contribution in [0.5, 0.6) is 5.75 Å². The number of azo groups is 1. The minimum Gasteiger partial charge on any atom is -0.494 e. The van der Waals surface area contributed by atoms with Crippen molar-refractivity contribution in [3.05, 3.63) is 54.1 Å². The summed E-state index contributed by atoms with van der Waals surface area (Å²) in [5, 5.41) is 17.3. The lowest BCUT2D eigenvalue weighted by atomic mass is 10.1. The van der Waals surface area contributed by atoms with Crippen LogP contribution in [0.3, 0.4) is 0 Å². The van der Waals surface area contributed by atoms with Crippen LogP contribution in [0.2, 0.25) is 0 Å². The number of aliphatic hydroxyl groups is 1. The number of ether oxygens (including phenoxy) is 1. The van der Waals surface area contributed by atoms with Crippen molar-refractivity contribution in [2.75, 3.05) is 13.2 Å². The average Bonchev–Trinajstić information content (AvgIpc) is 2.64. The average molecular weight is 340 g/mol. The number of nitrogens with zero attached hydrogens (tertiary/aromatic N) is 2. The van der Waals surface area contributed by atoms with Crippen LogP contribution in [-0.4, -0.2) is 18.3 Å². The number of unbranched alkanes of at least 4 members (excludes halogenated alkanes) is 5. The number of rotatable bonds is 11. The molecule has 0 aliphatic carbocycles. The summed E-state index contributed by atoms with van der Waals surface area (Å²) in [7, 11) is 0. The molecule has 0 spiro atoms. The molecule has 0 saturated carbocycles. The van der Waals surface area contributed by atoms with E-state index < -0.39 is 0 Å². The highest BCUT2D eigenvalue weighted by Gasteiger charge is 2.01. The summed E-state index contributed by atoms with van der Waals surface area (Å²) >= 11 is 0. The molecule has 0 atom stereocenters. The van der Waals surface area contributed by atoms with Crippen LogP contribution in [-0.2, 0) is 0 Å². The highest BCUT2D eigenvalue weighted by atomic mass is 16.5. The fourth-order valence-electron chi connectivity index (χ4n) is 2.55. The lowest BCUT2D eigenvalue weighted by molar-refractivity contribution is 0.280. The van der Waals surface area contributed by atoms with Crippen LogP contribution >= 0.6 is 0 Å². The normalized spacial score (nSPS) is 11.1. The quantitative estimate of drug-likeness (QED) is 0.395. The van der Waals surface area contributed by atoms with Crippen molar-refractivity contribution < 1.29 is 9.84 Å². The van der Waals surface area contributed by atoms with Gasteiger partial charge in [0, 0.05) is 6.61 Å². The Kier molecular flexibility index (Phi) is 8.70. The van der Waals surface area contributed by atoms with Gasteiger partial charge in [-0.15, -0.1) is 0 Å². The summed E-state index contributed by atoms with van der Waals surface area (Å²) in [5.74, 6) is 0.886. The first-order valence-electron chi connectivity index (χ1n) is 9.10. The van der Waals surface area contributed by atoms with E-state index in [0.29, 0.717) is 6.61 Å². The second kappa shape index (κ2) is 11.4. The Morgan fingerprint density at radius 2 is 1.56 bits per heavy atom. The van der Waals surface area contributed by atoms with Gasteiger partial charge in [-0.05, 0) is 55.7 Å². The maximum absolute atomic E-state index is 8.73. The highest BCUT2D eigenvalue weighted by Crippen LogP contribution is 2.26. The maximum Gasteiger partial charge on any atom is 0.119 e. The van der Waals surface area contributed by atoms with E-state index in [-0.39, 0.29) is 0 Å². The fraction of sp³-hybridized carbons (Fsp3) is 0.429. The van der Waals surface area contributed by atoms with Gasteiger partial charge in [-0.1, -0.05) is 43.9 Å². The van der Waals surface area contributed by atoms with E-state index in [2.05, 4.69) is 10.2 Å². The first kappa shape index (κ1) is 19.1. The number of aryl methyl sites for hydroxylation is 1. The molecule has 4 nitrogen and oxygen atoms in total. The zero-order valence-electron chi connectivity index (χ0n) is 15.0. The number of hydrogen-bond acceptors (Lipinski definition) is 4. The topological polar surface area (TPSA) is 54.2 Å². The molecule has 4 heteroatoms. The van der Waals surface area contributed by atoms with Crippen LogP contribution in [0.1, 0.15) is 44.1 Å². The third-order valence-electron chi connectivity index (χ3n) is 4.02. The number of aliphatic hydroxyl groups excluding tert-OH is 1. The number of hydrogen-bond donors (Lipinski definition) is 1. The zero-order valence-corrected chi connectivity index (χ0v) is 15.0. The van der Waals surface area contributed by atoms with Gasteiger partial charge in [0.2, 0.25) is 0 Å². The Balaban J connectivity index is 1.73. The fourth-order valence-corrected chi connectivity index (χ4v) is 2.55. The molecule has 1 N–H and O–H groups in total. The molecule has 2 aromatic carbocycles. The van der Waals surface area contributed by atoms with Gasteiger partial charge in [-0.25, -0.2) is 0 Å². The van der Waals surface area contributed by atoms with Crippen molar-refractivity contribution in [2.45, 2.75) is 45.4 Å². The van der Waals surface area contributed by atoms with Gasteiger partial charge in [0.05, 0.1) is 18.0 Å². The molecule has 2 rings (SSSR count). The lowest BCUT2D eigenvalue weighted by Gasteiger charge is -2.08. The van der Waals surface area contributed by atoms with E-state index in [1.807, 2.05) is 55.5 Å². The van der Waals surface area contributed by atoms with Crippen LogP contribution in [0, 0.1) is 6.92 Å². The molecule has 0 aliphatic rings. The summed E-state index contributed by atoms with van der Waals surface area (Å²) in [6.45, 7) is 3.07. The van der Waals surface area contributed by atoms with E-state index in [1.165, 1.54) is 19.3 Å². The van der Waals surface area contributed by atoms with Crippen LogP contribution in [0.4, 0.5) is 11.4 Å².